The Kier molecular flexibility index (Phi) is 3.94. The first-order valence-electron chi connectivity index (χ1n) is 5.51. The third-order valence-corrected chi connectivity index (χ3v) is 5.09. The fraction of sp³-hybridized carbons (Fsp3) is 0. The Morgan fingerprint density at radius 1 is 1.25 bits per heavy atom. The minimum absolute atomic E-state index is 0.311. The number of anilines is 1. The molecule has 0 aliphatic rings. The molecule has 0 spiro atoms. The molecule has 0 atom stereocenters. The van der Waals surface area contributed by atoms with Gasteiger partial charge in [-0.1, -0.05) is 34.4 Å². The lowest BCUT2D eigenvalue weighted by Gasteiger charge is -2.04. The van der Waals surface area contributed by atoms with E-state index in [2.05, 4.69) is 27.7 Å². The maximum absolute atomic E-state index is 6.25. The molecule has 0 aliphatic carbocycles. The van der Waals surface area contributed by atoms with Crippen molar-refractivity contribution < 1.29 is 4.52 Å². The van der Waals surface area contributed by atoms with Crippen LogP contribution in [-0.4, -0.2) is 5.16 Å². The first-order valence-corrected chi connectivity index (χ1v) is 8.22. The molecule has 2 heterocycles. The third kappa shape index (κ3) is 2.55. The maximum Gasteiger partial charge on any atom is 0.177 e. The molecule has 0 aliphatic heterocycles. The SMILES string of the molecule is Nc1noc(-c2csc(I)c2)c1-c1ccc(Cl)cc1Cl. The fourth-order valence-corrected chi connectivity index (χ4v) is 3.71. The largest absolute Gasteiger partial charge is 0.380 e. The van der Waals surface area contributed by atoms with Gasteiger partial charge in [-0.2, -0.15) is 0 Å². The predicted molar refractivity (Wildman–Crippen MR) is 92.4 cm³/mol. The topological polar surface area (TPSA) is 52.0 Å². The molecule has 3 rings (SSSR count). The molecule has 2 N–H and O–H groups in total. The molecule has 3 aromatic rings. The summed E-state index contributed by atoms with van der Waals surface area (Å²) in [5, 5.41) is 6.93. The van der Waals surface area contributed by atoms with Crippen LogP contribution in [0.5, 0.6) is 0 Å². The van der Waals surface area contributed by atoms with E-state index < -0.39 is 0 Å². The highest BCUT2D eigenvalue weighted by molar-refractivity contribution is 14.1. The number of hydrogen-bond donors (Lipinski definition) is 1. The van der Waals surface area contributed by atoms with Crippen LogP contribution in [0.25, 0.3) is 22.5 Å². The van der Waals surface area contributed by atoms with E-state index in [-0.39, 0.29) is 0 Å². The lowest BCUT2D eigenvalue weighted by atomic mass is 10.0. The van der Waals surface area contributed by atoms with Gasteiger partial charge in [0.2, 0.25) is 0 Å². The zero-order valence-electron chi connectivity index (χ0n) is 9.86. The molecule has 1 aromatic carbocycles. The number of nitrogen functional groups attached to an aromatic ring is 1. The number of hydrogen-bond acceptors (Lipinski definition) is 4. The Hall–Kier alpha value is -0.760. The molecule has 0 fully saturated rings. The van der Waals surface area contributed by atoms with Crippen molar-refractivity contribution in [2.75, 3.05) is 5.73 Å². The number of rotatable bonds is 2. The normalized spacial score (nSPS) is 10.9. The van der Waals surface area contributed by atoms with E-state index in [1.807, 2.05) is 17.5 Å². The third-order valence-electron chi connectivity index (χ3n) is 2.75. The molecule has 0 saturated heterocycles. The average molecular weight is 437 g/mol. The van der Waals surface area contributed by atoms with Crippen LogP contribution in [0.15, 0.2) is 34.2 Å². The van der Waals surface area contributed by atoms with Gasteiger partial charge in [0.15, 0.2) is 11.6 Å². The fourth-order valence-electron chi connectivity index (χ4n) is 1.88. The van der Waals surface area contributed by atoms with Gasteiger partial charge in [0.1, 0.15) is 0 Å². The Labute approximate surface area is 142 Å². The van der Waals surface area contributed by atoms with Crippen molar-refractivity contribution in [1.82, 2.24) is 5.16 Å². The van der Waals surface area contributed by atoms with Crippen molar-refractivity contribution in [3.8, 4) is 22.5 Å². The molecule has 0 bridgehead atoms. The van der Waals surface area contributed by atoms with Gasteiger partial charge in [0.25, 0.3) is 0 Å². The standard InChI is InChI=1S/C13H7Cl2IN2OS/c14-7-1-2-8(9(15)4-7)11-12(19-18-13(11)17)6-3-10(16)20-5-6/h1-5H,(H2,17,18). The van der Waals surface area contributed by atoms with Gasteiger partial charge >= 0.3 is 0 Å². The van der Waals surface area contributed by atoms with E-state index >= 15 is 0 Å². The highest BCUT2D eigenvalue weighted by Crippen LogP contribution is 2.41. The molecule has 2 aromatic heterocycles. The summed E-state index contributed by atoms with van der Waals surface area (Å²) in [4.78, 5) is 0. The molecule has 0 amide bonds. The van der Waals surface area contributed by atoms with Crippen molar-refractivity contribution in [1.29, 1.82) is 0 Å². The van der Waals surface area contributed by atoms with Crippen LogP contribution in [0, 0.1) is 2.88 Å². The van der Waals surface area contributed by atoms with Crippen molar-refractivity contribution in [3.63, 3.8) is 0 Å². The number of halogens is 3. The van der Waals surface area contributed by atoms with Crippen LogP contribution >= 0.6 is 57.1 Å². The highest BCUT2D eigenvalue weighted by Gasteiger charge is 2.20. The first kappa shape index (κ1) is 14.2. The van der Waals surface area contributed by atoms with Gasteiger partial charge in [0.05, 0.1) is 13.5 Å². The van der Waals surface area contributed by atoms with Crippen molar-refractivity contribution in [2.45, 2.75) is 0 Å². The van der Waals surface area contributed by atoms with Crippen LogP contribution in [0.4, 0.5) is 5.82 Å². The smallest absolute Gasteiger partial charge is 0.177 e. The van der Waals surface area contributed by atoms with E-state index in [1.54, 1.807) is 23.5 Å². The minimum Gasteiger partial charge on any atom is -0.380 e. The molecule has 0 unspecified atom stereocenters. The lowest BCUT2D eigenvalue weighted by Crippen LogP contribution is -1.89. The summed E-state index contributed by atoms with van der Waals surface area (Å²) in [6, 6.07) is 7.26. The van der Waals surface area contributed by atoms with Crippen LogP contribution in [-0.2, 0) is 0 Å². The van der Waals surface area contributed by atoms with Gasteiger partial charge in [-0.15, -0.1) is 11.3 Å². The van der Waals surface area contributed by atoms with Crippen molar-refractivity contribution in [2.24, 2.45) is 0 Å². The molecular weight excluding hydrogens is 430 g/mol. The lowest BCUT2D eigenvalue weighted by molar-refractivity contribution is 0.436. The molecule has 3 nitrogen and oxygen atoms in total. The maximum atomic E-state index is 6.25. The zero-order valence-corrected chi connectivity index (χ0v) is 14.3. The van der Waals surface area contributed by atoms with Crippen LogP contribution in [0.1, 0.15) is 0 Å². The number of aromatic nitrogens is 1. The number of nitrogens with two attached hydrogens (primary N) is 1. The van der Waals surface area contributed by atoms with Gasteiger partial charge < -0.3 is 10.3 Å². The van der Waals surface area contributed by atoms with Crippen LogP contribution in [0.3, 0.4) is 0 Å². The second-order valence-electron chi connectivity index (χ2n) is 4.04. The highest BCUT2D eigenvalue weighted by atomic mass is 127. The van der Waals surface area contributed by atoms with E-state index in [1.165, 1.54) is 0 Å². The van der Waals surface area contributed by atoms with E-state index in [0.29, 0.717) is 27.2 Å². The molecule has 7 heteroatoms. The Bertz CT molecular complexity index is 785. The monoisotopic (exact) mass is 436 g/mol. The van der Waals surface area contributed by atoms with Gasteiger partial charge in [-0.05, 0) is 40.8 Å². The Morgan fingerprint density at radius 3 is 2.70 bits per heavy atom. The summed E-state index contributed by atoms with van der Waals surface area (Å²) in [5.74, 6) is 0.927. The summed E-state index contributed by atoms with van der Waals surface area (Å²) in [6.07, 6.45) is 0. The van der Waals surface area contributed by atoms with E-state index in [4.69, 9.17) is 33.5 Å². The first-order chi connectivity index (χ1) is 9.56. The average Bonchev–Trinajstić information content (AvgIpc) is 2.96. The summed E-state index contributed by atoms with van der Waals surface area (Å²) in [5.41, 5.74) is 8.32. The predicted octanol–water partition coefficient (Wildman–Crippen LogP) is 5.56. The molecular formula is C13H7Cl2IN2OS. The van der Waals surface area contributed by atoms with Crippen LogP contribution in [0.2, 0.25) is 10.0 Å². The summed E-state index contributed by atoms with van der Waals surface area (Å²) in [7, 11) is 0. The molecule has 20 heavy (non-hydrogen) atoms. The van der Waals surface area contributed by atoms with E-state index in [0.717, 1.165) is 14.0 Å². The Morgan fingerprint density at radius 2 is 2.05 bits per heavy atom. The quantitative estimate of drug-likeness (QED) is 0.534. The molecule has 0 radical (unpaired) electrons. The van der Waals surface area contributed by atoms with Crippen molar-refractivity contribution in [3.05, 3.63) is 42.6 Å². The number of thiophene rings is 1. The summed E-state index contributed by atoms with van der Waals surface area (Å²) >= 11 is 16.0. The van der Waals surface area contributed by atoms with E-state index in [9.17, 15) is 0 Å². The molecule has 0 saturated carbocycles. The second-order valence-corrected chi connectivity index (χ2v) is 7.68. The second kappa shape index (κ2) is 5.55. The zero-order chi connectivity index (χ0) is 14.3. The van der Waals surface area contributed by atoms with Crippen LogP contribution < -0.4 is 5.73 Å². The Balaban J connectivity index is 2.21. The number of benzene rings is 1. The summed E-state index contributed by atoms with van der Waals surface area (Å²) < 4.78 is 6.52. The number of nitrogens with zero attached hydrogens (tertiary/aromatic N) is 1. The van der Waals surface area contributed by atoms with Crippen molar-refractivity contribution >= 4 is 62.9 Å². The van der Waals surface area contributed by atoms with Gasteiger partial charge in [-0.3, -0.25) is 0 Å². The van der Waals surface area contributed by atoms with Gasteiger partial charge in [0, 0.05) is 21.5 Å². The molecule has 102 valence electrons. The summed E-state index contributed by atoms with van der Waals surface area (Å²) in [6.45, 7) is 0. The van der Waals surface area contributed by atoms with Gasteiger partial charge in [-0.25, -0.2) is 0 Å². The minimum atomic E-state index is 0.311.